The van der Waals surface area contributed by atoms with Crippen LogP contribution in [0, 0.1) is 10.1 Å². The van der Waals surface area contributed by atoms with Crippen molar-refractivity contribution in [3.05, 3.63) is 111 Å². The highest BCUT2D eigenvalue weighted by Crippen LogP contribution is 2.45. The van der Waals surface area contributed by atoms with Gasteiger partial charge in [0.05, 0.1) is 27.9 Å². The van der Waals surface area contributed by atoms with E-state index >= 15 is 0 Å². The molecule has 0 unspecified atom stereocenters. The zero-order chi connectivity index (χ0) is 21.4. The van der Waals surface area contributed by atoms with Gasteiger partial charge in [-0.05, 0) is 36.1 Å². The molecule has 1 aliphatic heterocycles. The Morgan fingerprint density at radius 2 is 1.52 bits per heavy atom. The first-order chi connectivity index (χ1) is 15.1. The largest absolute Gasteiger partial charge is 0.372 e. The number of carbonyl (C=O) groups excluding carboxylic acids is 1. The van der Waals surface area contributed by atoms with E-state index in [1.165, 1.54) is 6.07 Å². The van der Waals surface area contributed by atoms with Crippen molar-refractivity contribution >= 4 is 22.8 Å². The molecule has 0 amide bonds. The second-order valence-electron chi connectivity index (χ2n) is 7.90. The predicted octanol–water partition coefficient (Wildman–Crippen LogP) is 5.57. The summed E-state index contributed by atoms with van der Waals surface area (Å²) in [4.78, 5) is 24.8. The number of rotatable bonds is 3. The number of ketones is 1. The van der Waals surface area contributed by atoms with Crippen LogP contribution in [-0.2, 0) is 4.79 Å². The highest BCUT2D eigenvalue weighted by atomic mass is 16.6. The zero-order valence-corrected chi connectivity index (χ0v) is 16.7. The van der Waals surface area contributed by atoms with Crippen LogP contribution in [0.5, 0.6) is 0 Å². The smallest absolute Gasteiger partial charge is 0.275 e. The topological polar surface area (TPSA) is 84.3 Å². The summed E-state index contributed by atoms with van der Waals surface area (Å²) in [6.07, 6.45) is 1.04. The zero-order valence-electron chi connectivity index (χ0n) is 16.7. The van der Waals surface area contributed by atoms with E-state index in [0.717, 1.165) is 22.6 Å². The highest BCUT2D eigenvalue weighted by Gasteiger charge is 2.38. The molecule has 6 nitrogen and oxygen atoms in total. The molecule has 6 heteroatoms. The van der Waals surface area contributed by atoms with Gasteiger partial charge in [0.25, 0.3) is 5.69 Å². The second-order valence-corrected chi connectivity index (χ2v) is 7.90. The van der Waals surface area contributed by atoms with Gasteiger partial charge in [0.15, 0.2) is 5.78 Å². The van der Waals surface area contributed by atoms with E-state index in [0.29, 0.717) is 24.0 Å². The van der Waals surface area contributed by atoms with Crippen LogP contribution >= 0.6 is 0 Å². The molecule has 154 valence electrons. The number of benzene rings is 3. The lowest BCUT2D eigenvalue weighted by Crippen LogP contribution is -2.27. The maximum atomic E-state index is 13.5. The number of fused-ring (bicyclic) bond motifs is 1. The third kappa shape index (κ3) is 3.46. The van der Waals surface area contributed by atoms with Crippen molar-refractivity contribution in [2.75, 3.05) is 10.6 Å². The number of anilines is 2. The number of carbonyl (C=O) groups is 1. The summed E-state index contributed by atoms with van der Waals surface area (Å²) in [5.74, 6) is 0.0719. The summed E-state index contributed by atoms with van der Waals surface area (Å²) in [6, 6.07) is 23.8. The fourth-order valence-electron chi connectivity index (χ4n) is 4.58. The molecule has 0 radical (unpaired) electrons. The van der Waals surface area contributed by atoms with Crippen molar-refractivity contribution in [2.24, 2.45) is 0 Å². The average molecular weight is 411 g/mol. The maximum absolute atomic E-state index is 13.5. The van der Waals surface area contributed by atoms with E-state index in [2.05, 4.69) is 10.6 Å². The van der Waals surface area contributed by atoms with Gasteiger partial charge in [-0.1, -0.05) is 54.6 Å². The van der Waals surface area contributed by atoms with E-state index in [1.807, 2.05) is 54.6 Å². The third-order valence-electron chi connectivity index (χ3n) is 6.02. The molecule has 1 heterocycles. The minimum absolute atomic E-state index is 0.00390. The number of nitrogens with one attached hydrogen (secondary N) is 2. The third-order valence-corrected chi connectivity index (χ3v) is 6.02. The van der Waals surface area contributed by atoms with Gasteiger partial charge in [-0.25, -0.2) is 0 Å². The van der Waals surface area contributed by atoms with Gasteiger partial charge in [-0.3, -0.25) is 14.9 Å². The normalized spacial score (nSPS) is 20.1. The van der Waals surface area contributed by atoms with Gasteiger partial charge in [-0.15, -0.1) is 0 Å². The molecule has 0 fully saturated rings. The highest BCUT2D eigenvalue weighted by molar-refractivity contribution is 6.01. The maximum Gasteiger partial charge on any atom is 0.275 e. The van der Waals surface area contributed by atoms with Crippen molar-refractivity contribution < 1.29 is 9.72 Å². The van der Waals surface area contributed by atoms with Crippen molar-refractivity contribution in [3.8, 4) is 0 Å². The standard InChI is InChI=1S/C25H21N3O3/c29-23-15-17(16-8-2-1-3-9-16)14-21-24(23)25(18-10-4-7-13-22(18)28(30)31)27-20-12-6-5-11-19(20)26-21/h1-13,17,25-27H,14-15H2/t17-,25-/m1/s1. The molecule has 1 aliphatic carbocycles. The average Bonchev–Trinajstić information content (AvgIpc) is 2.96. The minimum atomic E-state index is -0.600. The van der Waals surface area contributed by atoms with Crippen LogP contribution in [-0.4, -0.2) is 10.7 Å². The molecule has 0 bridgehead atoms. The second kappa shape index (κ2) is 7.72. The molecule has 0 saturated heterocycles. The lowest BCUT2D eigenvalue weighted by Gasteiger charge is -2.29. The Hall–Kier alpha value is -3.93. The number of para-hydroxylation sites is 3. The number of hydrogen-bond acceptors (Lipinski definition) is 5. The number of nitro benzene ring substituents is 1. The summed E-state index contributed by atoms with van der Waals surface area (Å²) in [5, 5.41) is 18.6. The Bertz CT molecular complexity index is 1200. The Labute approximate surface area is 179 Å². The first-order valence-electron chi connectivity index (χ1n) is 10.3. The lowest BCUT2D eigenvalue weighted by atomic mass is 9.78. The summed E-state index contributed by atoms with van der Waals surface area (Å²) in [7, 11) is 0. The van der Waals surface area contributed by atoms with Crippen molar-refractivity contribution in [2.45, 2.75) is 24.8 Å². The van der Waals surface area contributed by atoms with Crippen LogP contribution in [0.2, 0.25) is 0 Å². The summed E-state index contributed by atoms with van der Waals surface area (Å²) < 4.78 is 0. The minimum Gasteiger partial charge on any atom is -0.372 e. The number of allylic oxidation sites excluding steroid dienone is 1. The summed E-state index contributed by atoms with van der Waals surface area (Å²) >= 11 is 0. The molecule has 0 spiro atoms. The van der Waals surface area contributed by atoms with Crippen molar-refractivity contribution in [1.82, 2.24) is 0 Å². The molecule has 0 aromatic heterocycles. The molecule has 0 saturated carbocycles. The summed E-state index contributed by atoms with van der Waals surface area (Å²) in [6.45, 7) is 0. The summed E-state index contributed by atoms with van der Waals surface area (Å²) in [5.41, 5.74) is 4.69. The van der Waals surface area contributed by atoms with Gasteiger partial charge in [0, 0.05) is 23.8 Å². The van der Waals surface area contributed by atoms with E-state index in [4.69, 9.17) is 0 Å². The molecule has 2 aliphatic rings. The molecule has 5 rings (SSSR count). The van der Waals surface area contributed by atoms with Crippen LogP contribution in [0.1, 0.15) is 35.9 Å². The first-order valence-corrected chi connectivity index (χ1v) is 10.3. The fourth-order valence-corrected chi connectivity index (χ4v) is 4.58. The Kier molecular flexibility index (Phi) is 4.75. The van der Waals surface area contributed by atoms with Gasteiger partial charge >= 0.3 is 0 Å². The van der Waals surface area contributed by atoms with Crippen molar-refractivity contribution in [3.63, 3.8) is 0 Å². The van der Waals surface area contributed by atoms with Crippen LogP contribution in [0.15, 0.2) is 90.1 Å². The molecular formula is C25H21N3O3. The predicted molar refractivity (Wildman–Crippen MR) is 120 cm³/mol. The Balaban J connectivity index is 1.66. The fraction of sp³-hybridized carbons (Fsp3) is 0.160. The van der Waals surface area contributed by atoms with Crippen LogP contribution < -0.4 is 10.6 Å². The monoisotopic (exact) mass is 411 g/mol. The molecule has 3 aromatic carbocycles. The Morgan fingerprint density at radius 3 is 2.29 bits per heavy atom. The van der Waals surface area contributed by atoms with Crippen LogP contribution in [0.25, 0.3) is 0 Å². The molecule has 31 heavy (non-hydrogen) atoms. The first kappa shape index (κ1) is 19.1. The van der Waals surface area contributed by atoms with E-state index in [9.17, 15) is 14.9 Å². The van der Waals surface area contributed by atoms with Gasteiger partial charge < -0.3 is 10.6 Å². The molecule has 2 N–H and O–H groups in total. The number of nitro groups is 1. The molecule has 2 atom stereocenters. The quantitative estimate of drug-likeness (QED) is 0.434. The lowest BCUT2D eigenvalue weighted by molar-refractivity contribution is -0.385. The van der Waals surface area contributed by atoms with E-state index < -0.39 is 6.04 Å². The molecular weight excluding hydrogens is 390 g/mol. The van der Waals surface area contributed by atoms with Gasteiger partial charge in [0.2, 0.25) is 0 Å². The van der Waals surface area contributed by atoms with Crippen LogP contribution in [0.3, 0.4) is 0 Å². The Morgan fingerprint density at radius 1 is 0.839 bits per heavy atom. The van der Waals surface area contributed by atoms with Gasteiger partial charge in [0.1, 0.15) is 0 Å². The van der Waals surface area contributed by atoms with Crippen LogP contribution in [0.4, 0.5) is 17.1 Å². The number of hydrogen-bond donors (Lipinski definition) is 2. The van der Waals surface area contributed by atoms with E-state index in [-0.39, 0.29) is 22.3 Å². The van der Waals surface area contributed by atoms with Gasteiger partial charge in [-0.2, -0.15) is 0 Å². The number of Topliss-reactive ketones (excluding diaryl/α,β-unsaturated/α-hetero) is 1. The SMILES string of the molecule is O=C1C[C@H](c2ccccc2)CC2=C1[C@@H](c1ccccc1[N+](=O)[O-])Nc1ccccc1N2. The van der Waals surface area contributed by atoms with E-state index in [1.54, 1.807) is 18.2 Å². The van der Waals surface area contributed by atoms with Crippen molar-refractivity contribution in [1.29, 1.82) is 0 Å². The molecule has 3 aromatic rings. The number of nitrogens with zero attached hydrogens (tertiary/aromatic N) is 1.